The summed E-state index contributed by atoms with van der Waals surface area (Å²) in [6.45, 7) is 4.60. The van der Waals surface area contributed by atoms with Crippen molar-refractivity contribution in [2.24, 2.45) is 5.73 Å². The Labute approximate surface area is 141 Å². The lowest BCUT2D eigenvalue weighted by Gasteiger charge is -2.08. The Bertz CT molecular complexity index is 947. The van der Waals surface area contributed by atoms with Crippen molar-refractivity contribution in [3.63, 3.8) is 0 Å². The van der Waals surface area contributed by atoms with Crippen LogP contribution < -0.4 is 5.73 Å². The molecule has 1 aliphatic carbocycles. The second kappa shape index (κ2) is 5.68. The smallest absolute Gasteiger partial charge is 0.248 e. The van der Waals surface area contributed by atoms with Gasteiger partial charge in [-0.1, -0.05) is 36.9 Å². The van der Waals surface area contributed by atoms with E-state index in [1.54, 1.807) is 0 Å². The zero-order valence-electron chi connectivity index (χ0n) is 13.5. The van der Waals surface area contributed by atoms with Gasteiger partial charge in [-0.15, -0.1) is 0 Å². The summed E-state index contributed by atoms with van der Waals surface area (Å²) < 4.78 is 2.23. The van der Waals surface area contributed by atoms with E-state index in [-0.39, 0.29) is 0 Å². The first-order chi connectivity index (χ1) is 11.6. The summed E-state index contributed by atoms with van der Waals surface area (Å²) in [7, 11) is 0. The molecule has 0 aliphatic heterocycles. The summed E-state index contributed by atoms with van der Waals surface area (Å²) in [4.78, 5) is 11.3. The quantitative estimate of drug-likeness (QED) is 0.709. The highest BCUT2D eigenvalue weighted by molar-refractivity contribution is 6.18. The predicted molar refractivity (Wildman–Crippen MR) is 97.7 cm³/mol. The number of nitrogens with zero attached hydrogens (tertiary/aromatic N) is 1. The molecule has 24 heavy (non-hydrogen) atoms. The van der Waals surface area contributed by atoms with E-state index in [9.17, 15) is 4.79 Å². The third-order valence-electron chi connectivity index (χ3n) is 4.77. The van der Waals surface area contributed by atoms with Crippen LogP contribution in [0, 0.1) is 0 Å². The Morgan fingerprint density at radius 1 is 1.17 bits per heavy atom. The summed E-state index contributed by atoms with van der Waals surface area (Å²) in [5, 5.41) is 1.09. The van der Waals surface area contributed by atoms with Crippen molar-refractivity contribution < 1.29 is 4.79 Å². The van der Waals surface area contributed by atoms with Gasteiger partial charge in [0.2, 0.25) is 5.91 Å². The molecule has 0 unspecified atom stereocenters. The van der Waals surface area contributed by atoms with Crippen LogP contribution in [0.3, 0.4) is 0 Å². The fourth-order valence-electron chi connectivity index (χ4n) is 3.23. The highest BCUT2D eigenvalue weighted by atomic mass is 16.1. The standard InChI is InChI=1S/C21H20N2O/c1-14(21(22)24)17-7-8-20-19(12-17)9-10-23(20)13-15-3-2-4-18(11-15)16-5-6-16/h2-4,7-12,16H,1,5-6,13H2,(H2,22,24). The topological polar surface area (TPSA) is 48.0 Å². The van der Waals surface area contributed by atoms with E-state index in [1.807, 2.05) is 18.2 Å². The lowest BCUT2D eigenvalue weighted by Crippen LogP contribution is -2.11. The third kappa shape index (κ3) is 2.73. The first-order valence-electron chi connectivity index (χ1n) is 8.28. The molecule has 0 saturated heterocycles. The molecule has 1 fully saturated rings. The van der Waals surface area contributed by atoms with E-state index in [4.69, 9.17) is 5.73 Å². The fourth-order valence-corrected chi connectivity index (χ4v) is 3.23. The second-order valence-corrected chi connectivity index (χ2v) is 6.58. The van der Waals surface area contributed by atoms with Gasteiger partial charge in [-0.05, 0) is 53.6 Å². The Hall–Kier alpha value is -2.81. The van der Waals surface area contributed by atoms with Gasteiger partial charge in [-0.3, -0.25) is 4.79 Å². The molecule has 1 aromatic heterocycles. The van der Waals surface area contributed by atoms with Crippen molar-refractivity contribution in [3.05, 3.63) is 78.0 Å². The van der Waals surface area contributed by atoms with Crippen LogP contribution >= 0.6 is 0 Å². The van der Waals surface area contributed by atoms with Gasteiger partial charge in [-0.25, -0.2) is 0 Å². The highest BCUT2D eigenvalue weighted by Crippen LogP contribution is 2.40. The molecule has 3 aromatic rings. The minimum atomic E-state index is -0.481. The maximum absolute atomic E-state index is 11.3. The van der Waals surface area contributed by atoms with Crippen molar-refractivity contribution in [1.82, 2.24) is 4.57 Å². The number of aromatic nitrogens is 1. The molecule has 0 bridgehead atoms. The largest absolute Gasteiger partial charge is 0.366 e. The number of hydrogen-bond acceptors (Lipinski definition) is 1. The van der Waals surface area contributed by atoms with E-state index in [1.165, 1.54) is 24.0 Å². The van der Waals surface area contributed by atoms with Gasteiger partial charge in [0.05, 0.1) is 0 Å². The van der Waals surface area contributed by atoms with Gasteiger partial charge in [0.25, 0.3) is 0 Å². The molecule has 0 spiro atoms. The molecule has 1 heterocycles. The number of amides is 1. The van der Waals surface area contributed by atoms with Crippen molar-refractivity contribution in [2.45, 2.75) is 25.3 Å². The molecule has 2 N–H and O–H groups in total. The number of nitrogens with two attached hydrogens (primary N) is 1. The molecular formula is C21H20N2O. The molecule has 3 nitrogen and oxygen atoms in total. The van der Waals surface area contributed by atoms with E-state index in [2.05, 4.69) is 47.7 Å². The van der Waals surface area contributed by atoms with E-state index >= 15 is 0 Å². The lowest BCUT2D eigenvalue weighted by atomic mass is 10.1. The van der Waals surface area contributed by atoms with Crippen LogP contribution in [0.2, 0.25) is 0 Å². The number of rotatable bonds is 5. The van der Waals surface area contributed by atoms with E-state index in [0.29, 0.717) is 5.57 Å². The van der Waals surface area contributed by atoms with E-state index in [0.717, 1.165) is 28.9 Å². The second-order valence-electron chi connectivity index (χ2n) is 6.58. The molecule has 3 heteroatoms. The SMILES string of the molecule is C=C(C(N)=O)c1ccc2c(ccn2Cc2cccc(C3CC3)c2)c1. The van der Waals surface area contributed by atoms with Crippen molar-refractivity contribution >= 4 is 22.4 Å². The lowest BCUT2D eigenvalue weighted by molar-refractivity contribution is -0.112. The van der Waals surface area contributed by atoms with Gasteiger partial charge in [0.1, 0.15) is 0 Å². The predicted octanol–water partition coefficient (Wildman–Crippen LogP) is 4.07. The Morgan fingerprint density at radius 3 is 2.75 bits per heavy atom. The minimum absolute atomic E-state index is 0.349. The Kier molecular flexibility index (Phi) is 3.49. The number of benzene rings is 2. The number of primary amides is 1. The van der Waals surface area contributed by atoms with Crippen LogP contribution in [0.1, 0.15) is 35.4 Å². The first-order valence-corrected chi connectivity index (χ1v) is 8.28. The summed E-state index contributed by atoms with van der Waals surface area (Å²) in [6, 6.07) is 16.9. The molecule has 1 aliphatic rings. The molecule has 0 radical (unpaired) electrons. The maximum Gasteiger partial charge on any atom is 0.248 e. The molecule has 4 rings (SSSR count). The summed E-state index contributed by atoms with van der Waals surface area (Å²) in [5.74, 6) is 0.291. The summed E-state index contributed by atoms with van der Waals surface area (Å²) in [6.07, 6.45) is 4.73. The van der Waals surface area contributed by atoms with Crippen LogP contribution in [0.4, 0.5) is 0 Å². The van der Waals surface area contributed by atoms with Gasteiger partial charge in [-0.2, -0.15) is 0 Å². The van der Waals surface area contributed by atoms with Crippen LogP contribution in [-0.2, 0) is 11.3 Å². The van der Waals surface area contributed by atoms with E-state index < -0.39 is 5.91 Å². The average molecular weight is 316 g/mol. The Balaban J connectivity index is 1.64. The zero-order valence-corrected chi connectivity index (χ0v) is 13.5. The number of carbonyl (C=O) groups is 1. The van der Waals surface area contributed by atoms with Gasteiger partial charge < -0.3 is 10.3 Å². The summed E-state index contributed by atoms with van der Waals surface area (Å²) in [5.41, 5.74) is 10.4. The van der Waals surface area contributed by atoms with Crippen LogP contribution in [0.25, 0.3) is 16.5 Å². The summed E-state index contributed by atoms with van der Waals surface area (Å²) >= 11 is 0. The van der Waals surface area contributed by atoms with Crippen molar-refractivity contribution in [1.29, 1.82) is 0 Å². The van der Waals surface area contributed by atoms with Crippen molar-refractivity contribution in [3.8, 4) is 0 Å². The number of fused-ring (bicyclic) bond motifs is 1. The van der Waals surface area contributed by atoms with Crippen LogP contribution in [0.5, 0.6) is 0 Å². The molecule has 2 aromatic carbocycles. The molecule has 0 atom stereocenters. The van der Waals surface area contributed by atoms with Gasteiger partial charge in [0, 0.05) is 29.2 Å². The molecule has 1 saturated carbocycles. The molecular weight excluding hydrogens is 296 g/mol. The monoisotopic (exact) mass is 316 g/mol. The van der Waals surface area contributed by atoms with Crippen molar-refractivity contribution in [2.75, 3.05) is 0 Å². The average Bonchev–Trinajstić information content (AvgIpc) is 3.37. The number of hydrogen-bond donors (Lipinski definition) is 1. The maximum atomic E-state index is 11.3. The minimum Gasteiger partial charge on any atom is -0.366 e. The van der Waals surface area contributed by atoms with Gasteiger partial charge in [0.15, 0.2) is 0 Å². The van der Waals surface area contributed by atoms with Crippen LogP contribution in [-0.4, -0.2) is 10.5 Å². The fraction of sp³-hybridized carbons (Fsp3) is 0.190. The van der Waals surface area contributed by atoms with Gasteiger partial charge >= 0.3 is 0 Å². The van der Waals surface area contributed by atoms with Crippen LogP contribution in [0.15, 0.2) is 61.3 Å². The highest BCUT2D eigenvalue weighted by Gasteiger charge is 2.23. The molecule has 1 amide bonds. The zero-order chi connectivity index (χ0) is 16.7. The number of carbonyl (C=O) groups excluding carboxylic acids is 1. The first kappa shape index (κ1) is 14.8. The molecule has 120 valence electrons. The Morgan fingerprint density at radius 2 is 2.00 bits per heavy atom. The normalized spacial score (nSPS) is 14.0. The third-order valence-corrected chi connectivity index (χ3v) is 4.77.